The standard InChI is InChI=1S/C13H19N.C13H13N.C12H12N2.C2H6/c2*1-11(12-7-3-2-4-8-12)13-9-5-6-10-14-13;1-10(11-6-2-4-8-13-11)12-7-3-5-9-14-12;1-2/h5-6,9-12H,2-4,7-8H2,1H3;2-11H,1H3;2-10H,1H3;1-2H3. The molecule has 1 aliphatic rings. The summed E-state index contributed by atoms with van der Waals surface area (Å²) in [6.07, 6.45) is 14.5. The molecule has 1 saturated carbocycles. The van der Waals surface area contributed by atoms with Gasteiger partial charge < -0.3 is 0 Å². The van der Waals surface area contributed by atoms with Crippen molar-refractivity contribution in [2.45, 2.75) is 84.5 Å². The first-order valence-corrected chi connectivity index (χ1v) is 16.3. The third-order valence-corrected chi connectivity index (χ3v) is 8.21. The van der Waals surface area contributed by atoms with E-state index >= 15 is 0 Å². The normalized spacial score (nSPS) is 14.0. The van der Waals surface area contributed by atoms with E-state index in [0.29, 0.717) is 11.8 Å². The zero-order valence-corrected chi connectivity index (χ0v) is 27.3. The van der Waals surface area contributed by atoms with Crippen molar-refractivity contribution in [3.63, 3.8) is 0 Å². The first-order valence-electron chi connectivity index (χ1n) is 16.3. The van der Waals surface area contributed by atoms with Crippen LogP contribution in [0.25, 0.3) is 0 Å². The van der Waals surface area contributed by atoms with Crippen molar-refractivity contribution in [3.05, 3.63) is 156 Å². The molecule has 0 aliphatic heterocycles. The van der Waals surface area contributed by atoms with Crippen LogP contribution in [0, 0.1) is 5.92 Å². The summed E-state index contributed by atoms with van der Waals surface area (Å²) in [6, 6.07) is 34.7. The highest BCUT2D eigenvalue weighted by Crippen LogP contribution is 2.34. The largest absolute Gasteiger partial charge is 0.261 e. The number of hydrogen-bond donors (Lipinski definition) is 0. The van der Waals surface area contributed by atoms with E-state index in [4.69, 9.17) is 0 Å². The van der Waals surface area contributed by atoms with Crippen molar-refractivity contribution in [1.82, 2.24) is 19.9 Å². The van der Waals surface area contributed by atoms with Crippen molar-refractivity contribution in [3.8, 4) is 0 Å². The molecule has 0 radical (unpaired) electrons. The summed E-state index contributed by atoms with van der Waals surface area (Å²) in [5, 5.41) is 0. The maximum atomic E-state index is 4.45. The highest BCUT2D eigenvalue weighted by Gasteiger charge is 2.21. The van der Waals surface area contributed by atoms with Crippen molar-refractivity contribution >= 4 is 0 Å². The monoisotopic (exact) mass is 586 g/mol. The molecular weight excluding hydrogens is 536 g/mol. The molecule has 4 aromatic heterocycles. The maximum Gasteiger partial charge on any atom is 0.0491 e. The lowest BCUT2D eigenvalue weighted by Gasteiger charge is -2.27. The van der Waals surface area contributed by atoms with Crippen molar-refractivity contribution < 1.29 is 0 Å². The maximum absolute atomic E-state index is 4.45. The fourth-order valence-corrected chi connectivity index (χ4v) is 5.48. The van der Waals surface area contributed by atoms with E-state index < -0.39 is 0 Å². The molecule has 5 aromatic rings. The molecule has 4 heterocycles. The van der Waals surface area contributed by atoms with Crippen LogP contribution in [0.4, 0.5) is 0 Å². The lowest BCUT2D eigenvalue weighted by Crippen LogP contribution is -2.14. The van der Waals surface area contributed by atoms with Gasteiger partial charge >= 0.3 is 0 Å². The van der Waals surface area contributed by atoms with Crippen LogP contribution < -0.4 is 0 Å². The molecule has 0 amide bonds. The fourth-order valence-electron chi connectivity index (χ4n) is 5.48. The lowest BCUT2D eigenvalue weighted by atomic mass is 9.79. The quantitative estimate of drug-likeness (QED) is 0.199. The summed E-state index contributed by atoms with van der Waals surface area (Å²) >= 11 is 0. The molecule has 4 nitrogen and oxygen atoms in total. The number of rotatable bonds is 6. The van der Waals surface area contributed by atoms with E-state index in [-0.39, 0.29) is 5.92 Å². The average Bonchev–Trinajstić information content (AvgIpc) is 3.14. The summed E-state index contributed by atoms with van der Waals surface area (Å²) < 4.78 is 0. The molecule has 4 heteroatoms. The van der Waals surface area contributed by atoms with Gasteiger partial charge in [0.25, 0.3) is 0 Å². The average molecular weight is 587 g/mol. The van der Waals surface area contributed by atoms with E-state index in [1.54, 1.807) is 0 Å². The third kappa shape index (κ3) is 11.1. The van der Waals surface area contributed by atoms with Crippen LogP contribution in [0.1, 0.15) is 113 Å². The van der Waals surface area contributed by atoms with E-state index in [0.717, 1.165) is 23.0 Å². The molecule has 2 unspecified atom stereocenters. The van der Waals surface area contributed by atoms with Gasteiger partial charge in [-0.1, -0.05) is 108 Å². The Morgan fingerprint density at radius 3 is 1.25 bits per heavy atom. The van der Waals surface area contributed by atoms with Gasteiger partial charge in [-0.25, -0.2) is 0 Å². The minimum atomic E-state index is 0.261. The molecule has 44 heavy (non-hydrogen) atoms. The van der Waals surface area contributed by atoms with Gasteiger partial charge in [0.1, 0.15) is 0 Å². The van der Waals surface area contributed by atoms with E-state index in [9.17, 15) is 0 Å². The van der Waals surface area contributed by atoms with Gasteiger partial charge in [0, 0.05) is 65.3 Å². The second-order valence-corrected chi connectivity index (χ2v) is 11.1. The second-order valence-electron chi connectivity index (χ2n) is 11.1. The number of aromatic nitrogens is 4. The molecule has 0 bridgehead atoms. The Hall–Kier alpha value is -4.18. The molecular formula is C40H50N4. The first kappa shape index (κ1) is 34.3. The van der Waals surface area contributed by atoms with Crippen LogP contribution in [-0.4, -0.2) is 19.9 Å². The summed E-state index contributed by atoms with van der Waals surface area (Å²) in [5.41, 5.74) is 5.83. The van der Waals surface area contributed by atoms with Gasteiger partial charge in [-0.2, -0.15) is 0 Å². The van der Waals surface area contributed by atoms with Crippen molar-refractivity contribution in [1.29, 1.82) is 0 Å². The Morgan fingerprint density at radius 1 is 0.455 bits per heavy atom. The Morgan fingerprint density at radius 2 is 0.841 bits per heavy atom. The fraction of sp³-hybridized carbons (Fsp3) is 0.350. The Bertz CT molecular complexity index is 1210. The van der Waals surface area contributed by atoms with E-state index in [1.165, 1.54) is 43.4 Å². The highest BCUT2D eigenvalue weighted by molar-refractivity contribution is 5.27. The second kappa shape index (κ2) is 19.9. The topological polar surface area (TPSA) is 51.6 Å². The molecule has 1 aliphatic carbocycles. The number of benzene rings is 1. The Balaban J connectivity index is 0.000000175. The van der Waals surface area contributed by atoms with Crippen LogP contribution in [0.15, 0.2) is 128 Å². The smallest absolute Gasteiger partial charge is 0.0491 e. The molecule has 230 valence electrons. The van der Waals surface area contributed by atoms with Crippen LogP contribution in [0.5, 0.6) is 0 Å². The van der Waals surface area contributed by atoms with Crippen LogP contribution >= 0.6 is 0 Å². The molecule has 2 atom stereocenters. The number of nitrogens with zero attached hydrogens (tertiary/aromatic N) is 4. The summed E-state index contributed by atoms with van der Waals surface area (Å²) in [7, 11) is 0. The van der Waals surface area contributed by atoms with E-state index in [2.05, 4.69) is 83.2 Å². The van der Waals surface area contributed by atoms with Crippen LogP contribution in [-0.2, 0) is 0 Å². The number of hydrogen-bond acceptors (Lipinski definition) is 4. The molecule has 0 spiro atoms. The van der Waals surface area contributed by atoms with Crippen molar-refractivity contribution in [2.24, 2.45) is 5.92 Å². The Labute approximate surface area is 266 Å². The molecule has 1 fully saturated rings. The first-order chi connectivity index (χ1) is 21.6. The van der Waals surface area contributed by atoms with Crippen LogP contribution in [0.2, 0.25) is 0 Å². The zero-order chi connectivity index (χ0) is 31.4. The summed E-state index contributed by atoms with van der Waals surface area (Å²) in [5.74, 6) is 2.16. The summed E-state index contributed by atoms with van der Waals surface area (Å²) in [6.45, 7) is 10.6. The highest BCUT2D eigenvalue weighted by atomic mass is 14.7. The zero-order valence-electron chi connectivity index (χ0n) is 27.3. The minimum Gasteiger partial charge on any atom is -0.261 e. The Kier molecular flexibility index (Phi) is 15.5. The van der Waals surface area contributed by atoms with Gasteiger partial charge in [0.15, 0.2) is 0 Å². The minimum absolute atomic E-state index is 0.261. The predicted octanol–water partition coefficient (Wildman–Crippen LogP) is 10.7. The SMILES string of the molecule is CC.CC(c1ccccc1)c1ccccn1.CC(c1ccccn1)C1CCCCC1.CC(c1ccccn1)c1ccccn1. The molecule has 0 saturated heterocycles. The van der Waals surface area contributed by atoms with Gasteiger partial charge in [0.2, 0.25) is 0 Å². The van der Waals surface area contributed by atoms with Crippen LogP contribution in [0.3, 0.4) is 0 Å². The van der Waals surface area contributed by atoms with Gasteiger partial charge in [-0.3, -0.25) is 19.9 Å². The predicted molar refractivity (Wildman–Crippen MR) is 185 cm³/mol. The molecule has 6 rings (SSSR count). The molecule has 0 N–H and O–H groups in total. The number of pyridine rings is 4. The van der Waals surface area contributed by atoms with Gasteiger partial charge in [-0.15, -0.1) is 0 Å². The third-order valence-electron chi connectivity index (χ3n) is 8.21. The van der Waals surface area contributed by atoms with Gasteiger partial charge in [-0.05, 0) is 72.9 Å². The van der Waals surface area contributed by atoms with E-state index in [1.807, 2.05) is 99.3 Å². The van der Waals surface area contributed by atoms with Crippen molar-refractivity contribution in [2.75, 3.05) is 0 Å². The molecule has 1 aromatic carbocycles. The van der Waals surface area contributed by atoms with Gasteiger partial charge in [0.05, 0.1) is 0 Å². The lowest BCUT2D eigenvalue weighted by molar-refractivity contribution is 0.313. The summed E-state index contributed by atoms with van der Waals surface area (Å²) in [4.78, 5) is 17.4.